The van der Waals surface area contributed by atoms with E-state index in [-0.39, 0.29) is 81.4 Å². The summed E-state index contributed by atoms with van der Waals surface area (Å²) >= 11 is 0. The molecule has 0 bridgehead atoms. The predicted octanol–water partition coefficient (Wildman–Crippen LogP) is -5.27. The number of nitrogens with two attached hydrogens (primary N) is 2. The van der Waals surface area contributed by atoms with Crippen LogP contribution in [0.25, 0.3) is 0 Å². The van der Waals surface area contributed by atoms with E-state index in [1.54, 1.807) is 0 Å². The van der Waals surface area contributed by atoms with E-state index in [1.165, 1.54) is 48.5 Å². The minimum absolute atomic E-state index is 0. The molecular formula is C28H16N2Na2O14S2. The molecular weight excluding hydrogens is 698 g/mol. The molecule has 0 saturated heterocycles. The maximum Gasteiger partial charge on any atom is 1.00 e. The van der Waals surface area contributed by atoms with Gasteiger partial charge in [-0.25, -0.2) is 16.8 Å². The van der Waals surface area contributed by atoms with Gasteiger partial charge >= 0.3 is 59.1 Å². The smallest absolute Gasteiger partial charge is 0.744 e. The molecule has 0 unspecified atom stereocenters. The molecule has 0 amide bonds. The number of carbonyl (C=O) groups is 4. The van der Waals surface area contributed by atoms with Crippen LogP contribution in [0.5, 0.6) is 23.0 Å². The summed E-state index contributed by atoms with van der Waals surface area (Å²) in [7, 11) is -10.7. The molecule has 0 fully saturated rings. The molecule has 0 aromatic heterocycles. The van der Waals surface area contributed by atoms with Crippen LogP contribution in [0.4, 0.5) is 11.4 Å². The topological polar surface area (TPSA) is 316 Å². The van der Waals surface area contributed by atoms with E-state index >= 15 is 0 Å². The molecule has 2 aliphatic rings. The van der Waals surface area contributed by atoms with Crippen molar-refractivity contribution in [3.8, 4) is 23.0 Å². The Hall–Kier alpha value is -3.82. The largest absolute Gasteiger partial charge is 1.00 e. The van der Waals surface area contributed by atoms with E-state index in [2.05, 4.69) is 0 Å². The number of hydrogen-bond acceptors (Lipinski definition) is 16. The number of anilines is 2. The zero-order valence-electron chi connectivity index (χ0n) is 24.5. The third-order valence-electron chi connectivity index (χ3n) is 7.12. The van der Waals surface area contributed by atoms with E-state index in [1.807, 2.05) is 0 Å². The van der Waals surface area contributed by atoms with Crippen molar-refractivity contribution in [3.63, 3.8) is 0 Å². The average molecular weight is 715 g/mol. The maximum absolute atomic E-state index is 12.5. The van der Waals surface area contributed by atoms with Gasteiger partial charge in [-0.05, 0) is 0 Å². The van der Waals surface area contributed by atoms with E-state index < -0.39 is 110 Å². The molecule has 4 aromatic rings. The summed E-state index contributed by atoms with van der Waals surface area (Å²) in [4.78, 5) is 47.0. The number of hydrogen-bond donors (Lipinski definition) is 6. The number of carbonyl (C=O) groups excluding carboxylic acids is 4. The second kappa shape index (κ2) is 13.2. The van der Waals surface area contributed by atoms with Gasteiger partial charge in [0.05, 0.1) is 33.6 Å². The molecule has 16 nitrogen and oxygen atoms in total. The fourth-order valence-corrected chi connectivity index (χ4v) is 6.49. The maximum atomic E-state index is 12.5. The first kappa shape index (κ1) is 38.6. The second-order valence-corrected chi connectivity index (χ2v) is 12.3. The van der Waals surface area contributed by atoms with E-state index in [9.17, 15) is 65.5 Å². The normalized spacial score (nSPS) is 13.0. The van der Waals surface area contributed by atoms with Crippen LogP contribution >= 0.6 is 0 Å². The van der Waals surface area contributed by atoms with E-state index in [0.717, 1.165) is 0 Å². The molecule has 48 heavy (non-hydrogen) atoms. The van der Waals surface area contributed by atoms with Crippen molar-refractivity contribution in [2.45, 2.75) is 9.79 Å². The number of phenols is 4. The molecule has 4 aromatic carbocycles. The van der Waals surface area contributed by atoms with Crippen LogP contribution in [0.1, 0.15) is 63.7 Å². The van der Waals surface area contributed by atoms with Crippen molar-refractivity contribution in [2.75, 3.05) is 11.5 Å². The minimum atomic E-state index is -5.33. The zero-order valence-corrected chi connectivity index (χ0v) is 30.1. The monoisotopic (exact) mass is 714 g/mol. The summed E-state index contributed by atoms with van der Waals surface area (Å²) in [6, 6.07) is 11.3. The Labute approximate surface area is 314 Å². The molecule has 0 aliphatic heterocycles. The first-order valence-electron chi connectivity index (χ1n) is 12.4. The summed E-state index contributed by atoms with van der Waals surface area (Å²) in [5.41, 5.74) is 6.95. The Balaban J connectivity index is 0.000000250. The van der Waals surface area contributed by atoms with Crippen molar-refractivity contribution in [3.05, 3.63) is 93.0 Å². The molecule has 0 spiro atoms. The van der Waals surface area contributed by atoms with E-state index in [0.29, 0.717) is 0 Å². The van der Waals surface area contributed by atoms with Crippen LogP contribution in [0.15, 0.2) is 58.3 Å². The fraction of sp³-hybridized carbons (Fsp3) is 0. The number of aromatic hydroxyl groups is 4. The summed E-state index contributed by atoms with van der Waals surface area (Å²) in [5.74, 6) is -8.35. The molecule has 236 valence electrons. The summed E-state index contributed by atoms with van der Waals surface area (Å²) in [6.45, 7) is 0. The van der Waals surface area contributed by atoms with Crippen LogP contribution in [-0.2, 0) is 20.2 Å². The number of benzene rings is 4. The Kier molecular flexibility index (Phi) is 10.7. The van der Waals surface area contributed by atoms with Crippen molar-refractivity contribution in [2.24, 2.45) is 0 Å². The van der Waals surface area contributed by atoms with Crippen molar-refractivity contribution < 1.29 is 125 Å². The van der Waals surface area contributed by atoms with Gasteiger partial charge in [0.15, 0.2) is 34.6 Å². The van der Waals surface area contributed by atoms with Gasteiger partial charge in [0, 0.05) is 22.3 Å². The van der Waals surface area contributed by atoms with Crippen LogP contribution in [0.3, 0.4) is 0 Å². The second-order valence-electron chi connectivity index (χ2n) is 9.70. The number of fused-ring (bicyclic) bond motifs is 4. The molecule has 8 N–H and O–H groups in total. The molecule has 0 saturated carbocycles. The molecule has 0 radical (unpaired) electrons. The number of rotatable bonds is 2. The van der Waals surface area contributed by atoms with Crippen LogP contribution in [0.2, 0.25) is 0 Å². The first-order chi connectivity index (χ1) is 21.3. The van der Waals surface area contributed by atoms with Crippen LogP contribution in [-0.4, -0.2) is 69.5 Å². The number of phenolic OH excluding ortho intramolecular Hbond substituents is 4. The SMILES string of the molecule is Nc1c(O)c(S(=O)(=O)[O-])c(O)c2c1C(=O)c1ccccc1C2=O.Nc1c(O)c(S(=O)(=O)[O-])c(O)c2c1C(=O)c1ccccc1C2=O.[Na+].[Na+]. The quantitative estimate of drug-likeness (QED) is 0.0321. The number of nitrogen functional groups attached to an aromatic ring is 2. The minimum Gasteiger partial charge on any atom is -0.744 e. The third-order valence-corrected chi connectivity index (χ3v) is 8.90. The predicted molar refractivity (Wildman–Crippen MR) is 151 cm³/mol. The Morgan fingerprint density at radius 2 is 0.688 bits per heavy atom. The molecule has 2 aliphatic carbocycles. The molecule has 6 rings (SSSR count). The van der Waals surface area contributed by atoms with Crippen molar-refractivity contribution in [1.29, 1.82) is 0 Å². The van der Waals surface area contributed by atoms with Gasteiger partial charge < -0.3 is 41.0 Å². The third kappa shape index (κ3) is 5.89. The van der Waals surface area contributed by atoms with Gasteiger partial charge in [-0.15, -0.1) is 0 Å². The first-order valence-corrected chi connectivity index (χ1v) is 15.2. The average Bonchev–Trinajstić information content (AvgIpc) is 2.97. The van der Waals surface area contributed by atoms with Gasteiger partial charge in [0.1, 0.15) is 41.5 Å². The Bertz CT molecular complexity index is 2190. The van der Waals surface area contributed by atoms with Crippen molar-refractivity contribution >= 4 is 54.7 Å². The summed E-state index contributed by atoms with van der Waals surface area (Å²) in [5, 5.41) is 39.6. The number of ketones is 4. The van der Waals surface area contributed by atoms with Gasteiger partial charge in [0.2, 0.25) is 0 Å². The summed E-state index contributed by atoms with van der Waals surface area (Å²) < 4.78 is 67.3. The van der Waals surface area contributed by atoms with Gasteiger partial charge in [0.25, 0.3) is 0 Å². The van der Waals surface area contributed by atoms with E-state index in [4.69, 9.17) is 11.5 Å². The molecule has 20 heteroatoms. The zero-order chi connectivity index (χ0) is 34.2. The fourth-order valence-electron chi connectivity index (χ4n) is 5.12. The van der Waals surface area contributed by atoms with Gasteiger partial charge in [-0.3, -0.25) is 19.2 Å². The summed E-state index contributed by atoms with van der Waals surface area (Å²) in [6.07, 6.45) is 0. The van der Waals surface area contributed by atoms with Gasteiger partial charge in [-0.2, -0.15) is 0 Å². The van der Waals surface area contributed by atoms with Gasteiger partial charge in [-0.1, -0.05) is 48.5 Å². The molecule has 0 heterocycles. The Morgan fingerprint density at radius 1 is 0.458 bits per heavy atom. The van der Waals surface area contributed by atoms with Crippen molar-refractivity contribution in [1.82, 2.24) is 0 Å². The Morgan fingerprint density at radius 3 is 0.917 bits per heavy atom. The van der Waals surface area contributed by atoms with Crippen LogP contribution in [0, 0.1) is 0 Å². The molecule has 0 atom stereocenters. The van der Waals surface area contributed by atoms with Crippen LogP contribution < -0.4 is 70.6 Å². The standard InChI is InChI=1S/2C14H9NO7S.2Na/c2*15-9-7-8(12(18)14(13(9)19)23(20,21)22)11(17)6-4-2-1-3-5(6)10(7)16;;/h2*1-4,18-19H,15H2,(H,20,21,22);;/q;;2*+1/p-2.